The van der Waals surface area contributed by atoms with E-state index in [0.29, 0.717) is 6.54 Å². The lowest BCUT2D eigenvalue weighted by Crippen LogP contribution is -1.98. The zero-order valence-electron chi connectivity index (χ0n) is 8.70. The van der Waals surface area contributed by atoms with Crippen molar-refractivity contribution in [3.63, 3.8) is 0 Å². The van der Waals surface area contributed by atoms with Crippen molar-refractivity contribution in [2.24, 2.45) is 11.7 Å². The molecule has 2 nitrogen and oxygen atoms in total. The van der Waals surface area contributed by atoms with Crippen LogP contribution in [0.4, 0.5) is 0 Å². The minimum absolute atomic E-state index is 0.396. The van der Waals surface area contributed by atoms with Crippen LogP contribution in [0.2, 0.25) is 0 Å². The zero-order valence-corrected chi connectivity index (χ0v) is 8.70. The van der Waals surface area contributed by atoms with Gasteiger partial charge in [-0.1, -0.05) is 17.9 Å². The van der Waals surface area contributed by atoms with Crippen LogP contribution < -0.4 is 10.5 Å². The van der Waals surface area contributed by atoms with Gasteiger partial charge in [-0.3, -0.25) is 0 Å². The summed E-state index contributed by atoms with van der Waals surface area (Å²) in [6.45, 7) is 1.24. The summed E-state index contributed by atoms with van der Waals surface area (Å²) in [6.07, 6.45) is 2.62. The van der Waals surface area contributed by atoms with Gasteiger partial charge in [0.15, 0.2) is 0 Å². The lowest BCUT2D eigenvalue weighted by molar-refractivity contribution is 0.299. The van der Waals surface area contributed by atoms with Gasteiger partial charge in [-0.15, -0.1) is 0 Å². The normalized spacial score (nSPS) is 14.2. The summed E-state index contributed by atoms with van der Waals surface area (Å²) >= 11 is 0. The second-order valence-electron chi connectivity index (χ2n) is 3.79. The number of hydrogen-bond acceptors (Lipinski definition) is 2. The summed E-state index contributed by atoms with van der Waals surface area (Å²) in [4.78, 5) is 0. The van der Waals surface area contributed by atoms with Gasteiger partial charge in [0.25, 0.3) is 0 Å². The summed E-state index contributed by atoms with van der Waals surface area (Å²) < 4.78 is 5.65. The Hall–Kier alpha value is -1.46. The maximum atomic E-state index is 5.65. The highest BCUT2D eigenvalue weighted by Gasteiger charge is 2.21. The molecule has 0 aliphatic heterocycles. The first-order valence-corrected chi connectivity index (χ1v) is 5.30. The molecule has 0 saturated heterocycles. The Balaban J connectivity index is 1.97. The summed E-state index contributed by atoms with van der Waals surface area (Å²) in [5.74, 6) is 7.51. The number of hydrogen-bond donors (Lipinski definition) is 1. The van der Waals surface area contributed by atoms with Crippen molar-refractivity contribution in [2.45, 2.75) is 12.8 Å². The van der Waals surface area contributed by atoms with E-state index >= 15 is 0 Å². The highest BCUT2D eigenvalue weighted by molar-refractivity contribution is 5.39. The minimum Gasteiger partial charge on any atom is -0.493 e. The van der Waals surface area contributed by atoms with E-state index < -0.39 is 0 Å². The third-order valence-electron chi connectivity index (χ3n) is 2.35. The minimum atomic E-state index is 0.396. The molecule has 0 spiro atoms. The van der Waals surface area contributed by atoms with Crippen LogP contribution in [0.25, 0.3) is 0 Å². The Bertz CT molecular complexity index is 385. The Kier molecular flexibility index (Phi) is 3.26. The molecule has 2 rings (SSSR count). The quantitative estimate of drug-likeness (QED) is 0.757. The molecule has 0 amide bonds. The molecular weight excluding hydrogens is 186 g/mol. The van der Waals surface area contributed by atoms with Crippen LogP contribution in [0.15, 0.2) is 24.3 Å². The van der Waals surface area contributed by atoms with E-state index in [0.717, 1.165) is 23.8 Å². The fraction of sp³-hybridized carbons (Fsp3) is 0.385. The van der Waals surface area contributed by atoms with Crippen LogP contribution in [0.1, 0.15) is 18.4 Å². The molecule has 1 aromatic carbocycles. The van der Waals surface area contributed by atoms with Gasteiger partial charge in [-0.2, -0.15) is 0 Å². The van der Waals surface area contributed by atoms with Crippen molar-refractivity contribution in [3.05, 3.63) is 29.8 Å². The predicted octanol–water partition coefficient (Wildman–Crippen LogP) is 1.79. The van der Waals surface area contributed by atoms with Crippen molar-refractivity contribution in [1.29, 1.82) is 0 Å². The molecule has 0 radical (unpaired) electrons. The first-order valence-electron chi connectivity index (χ1n) is 5.30. The van der Waals surface area contributed by atoms with Crippen molar-refractivity contribution in [3.8, 4) is 17.6 Å². The summed E-state index contributed by atoms with van der Waals surface area (Å²) in [5.41, 5.74) is 6.28. The second kappa shape index (κ2) is 4.86. The third kappa shape index (κ3) is 3.30. The second-order valence-corrected chi connectivity index (χ2v) is 3.79. The van der Waals surface area contributed by atoms with Crippen LogP contribution in [0, 0.1) is 17.8 Å². The lowest BCUT2D eigenvalue weighted by atomic mass is 10.2. The van der Waals surface area contributed by atoms with E-state index in [4.69, 9.17) is 10.5 Å². The predicted molar refractivity (Wildman–Crippen MR) is 60.6 cm³/mol. The Labute approximate surface area is 90.4 Å². The maximum Gasteiger partial charge on any atom is 0.120 e. The SMILES string of the molecule is NCC#Cc1cccc(OCC2CC2)c1. The van der Waals surface area contributed by atoms with Gasteiger partial charge in [-0.05, 0) is 37.0 Å². The van der Waals surface area contributed by atoms with Gasteiger partial charge in [0, 0.05) is 5.56 Å². The van der Waals surface area contributed by atoms with Crippen LogP contribution in [-0.2, 0) is 0 Å². The van der Waals surface area contributed by atoms with Crippen molar-refractivity contribution in [1.82, 2.24) is 0 Å². The van der Waals surface area contributed by atoms with E-state index in [1.165, 1.54) is 12.8 Å². The van der Waals surface area contributed by atoms with Crippen LogP contribution in [-0.4, -0.2) is 13.2 Å². The first kappa shape index (κ1) is 10.1. The molecule has 78 valence electrons. The Morgan fingerprint density at radius 3 is 3.00 bits per heavy atom. The topological polar surface area (TPSA) is 35.2 Å². The van der Waals surface area contributed by atoms with Gasteiger partial charge >= 0.3 is 0 Å². The van der Waals surface area contributed by atoms with Gasteiger partial charge in [-0.25, -0.2) is 0 Å². The molecule has 1 aliphatic carbocycles. The van der Waals surface area contributed by atoms with Crippen LogP contribution in [0.5, 0.6) is 5.75 Å². The molecule has 0 bridgehead atoms. The highest BCUT2D eigenvalue weighted by Crippen LogP contribution is 2.29. The van der Waals surface area contributed by atoms with Crippen molar-refractivity contribution >= 4 is 0 Å². The number of benzene rings is 1. The van der Waals surface area contributed by atoms with E-state index in [2.05, 4.69) is 11.8 Å². The molecule has 1 aromatic rings. The van der Waals surface area contributed by atoms with E-state index in [1.807, 2.05) is 24.3 Å². The van der Waals surface area contributed by atoms with E-state index in [9.17, 15) is 0 Å². The van der Waals surface area contributed by atoms with E-state index in [-0.39, 0.29) is 0 Å². The summed E-state index contributed by atoms with van der Waals surface area (Å²) in [7, 11) is 0. The fourth-order valence-electron chi connectivity index (χ4n) is 1.32. The molecule has 0 unspecified atom stereocenters. The molecule has 0 heterocycles. The van der Waals surface area contributed by atoms with Crippen LogP contribution in [0.3, 0.4) is 0 Å². The molecule has 1 fully saturated rings. The smallest absolute Gasteiger partial charge is 0.120 e. The number of rotatable bonds is 3. The van der Waals surface area contributed by atoms with E-state index in [1.54, 1.807) is 0 Å². The maximum absolute atomic E-state index is 5.65. The first-order chi connectivity index (χ1) is 7.38. The van der Waals surface area contributed by atoms with Crippen LogP contribution >= 0.6 is 0 Å². The van der Waals surface area contributed by atoms with Gasteiger partial charge in [0.1, 0.15) is 5.75 Å². The molecule has 15 heavy (non-hydrogen) atoms. The Morgan fingerprint density at radius 1 is 1.40 bits per heavy atom. The van der Waals surface area contributed by atoms with Gasteiger partial charge in [0.2, 0.25) is 0 Å². The average molecular weight is 201 g/mol. The van der Waals surface area contributed by atoms with Crippen molar-refractivity contribution < 1.29 is 4.74 Å². The molecule has 1 aliphatic rings. The lowest BCUT2D eigenvalue weighted by Gasteiger charge is -2.04. The average Bonchev–Trinajstić information content (AvgIpc) is 3.08. The molecule has 2 N–H and O–H groups in total. The van der Waals surface area contributed by atoms with Crippen molar-refractivity contribution in [2.75, 3.05) is 13.2 Å². The molecule has 0 atom stereocenters. The monoisotopic (exact) mass is 201 g/mol. The fourth-order valence-corrected chi connectivity index (χ4v) is 1.32. The summed E-state index contributed by atoms with van der Waals surface area (Å²) in [5, 5.41) is 0. The van der Waals surface area contributed by atoms with Gasteiger partial charge in [0.05, 0.1) is 13.2 Å². The molecule has 0 aromatic heterocycles. The molecule has 2 heteroatoms. The molecular formula is C13H15NO. The molecule has 1 saturated carbocycles. The summed E-state index contributed by atoms with van der Waals surface area (Å²) in [6, 6.07) is 7.86. The largest absolute Gasteiger partial charge is 0.493 e. The third-order valence-corrected chi connectivity index (χ3v) is 2.35. The highest BCUT2D eigenvalue weighted by atomic mass is 16.5. The number of nitrogens with two attached hydrogens (primary N) is 1. The Morgan fingerprint density at radius 2 is 2.27 bits per heavy atom. The standard InChI is InChI=1S/C13H15NO/c14-8-2-4-11-3-1-5-13(9-11)15-10-12-6-7-12/h1,3,5,9,12H,6-8,10,14H2. The van der Waals surface area contributed by atoms with Gasteiger partial charge < -0.3 is 10.5 Å². The number of ether oxygens (including phenoxy) is 1. The zero-order chi connectivity index (χ0) is 10.5.